The quantitative estimate of drug-likeness (QED) is 0.754. The number of ketones is 1. The van der Waals surface area contributed by atoms with Gasteiger partial charge >= 0.3 is 0 Å². The molecule has 1 aliphatic carbocycles. The van der Waals surface area contributed by atoms with Gasteiger partial charge in [0.25, 0.3) is 0 Å². The van der Waals surface area contributed by atoms with Gasteiger partial charge in [0.2, 0.25) is 0 Å². The maximum Gasteiger partial charge on any atom is 0.168 e. The van der Waals surface area contributed by atoms with Crippen LogP contribution in [0.15, 0.2) is 16.3 Å². The second-order valence-corrected chi connectivity index (χ2v) is 6.60. The number of quaternary nitrogens is 1. The van der Waals surface area contributed by atoms with E-state index in [1.807, 2.05) is 13.8 Å². The number of carbonyl (C=O) groups is 1. The maximum absolute atomic E-state index is 12.0. The van der Waals surface area contributed by atoms with Gasteiger partial charge < -0.3 is 10.4 Å². The molecule has 0 amide bonds. The zero-order valence-electron chi connectivity index (χ0n) is 12.0. The zero-order chi connectivity index (χ0) is 13.9. The highest BCUT2D eigenvalue weighted by Crippen LogP contribution is 2.35. The van der Waals surface area contributed by atoms with Crippen molar-refractivity contribution in [2.45, 2.75) is 39.5 Å². The molecule has 4 heteroatoms. The lowest BCUT2D eigenvalue weighted by Gasteiger charge is -2.28. The summed E-state index contributed by atoms with van der Waals surface area (Å²) < 4.78 is 0. The first-order valence-corrected chi connectivity index (χ1v) is 7.25. The molecular weight excluding hydrogens is 240 g/mol. The Hall–Kier alpha value is -1.16. The molecule has 1 fully saturated rings. The number of aliphatic hydroxyl groups is 1. The fourth-order valence-electron chi connectivity index (χ4n) is 2.92. The molecule has 0 unspecified atom stereocenters. The smallest absolute Gasteiger partial charge is 0.168 e. The molecule has 0 aromatic carbocycles. The van der Waals surface area contributed by atoms with Crippen molar-refractivity contribution < 1.29 is 15.2 Å². The lowest BCUT2D eigenvalue weighted by molar-refractivity contribution is -0.664. The van der Waals surface area contributed by atoms with Gasteiger partial charge in [0.15, 0.2) is 5.78 Å². The molecule has 0 bridgehead atoms. The SMILES string of the molecule is CC1(C)CC(=O)C(C=NCC2CC[NH2+]CC2)=C(O)C1. The van der Waals surface area contributed by atoms with E-state index < -0.39 is 0 Å². The van der Waals surface area contributed by atoms with Crippen LogP contribution in [-0.2, 0) is 4.79 Å². The van der Waals surface area contributed by atoms with Crippen molar-refractivity contribution in [1.82, 2.24) is 0 Å². The largest absolute Gasteiger partial charge is 0.511 e. The highest BCUT2D eigenvalue weighted by atomic mass is 16.3. The summed E-state index contributed by atoms with van der Waals surface area (Å²) in [6.07, 6.45) is 5.06. The van der Waals surface area contributed by atoms with Gasteiger partial charge in [0.05, 0.1) is 18.7 Å². The number of nitrogens with two attached hydrogens (primary N) is 1. The predicted octanol–water partition coefficient (Wildman–Crippen LogP) is 1.23. The lowest BCUT2D eigenvalue weighted by Crippen LogP contribution is -2.86. The number of rotatable bonds is 3. The van der Waals surface area contributed by atoms with Gasteiger partial charge in [-0.05, 0) is 11.3 Å². The zero-order valence-corrected chi connectivity index (χ0v) is 12.0. The Morgan fingerprint density at radius 1 is 1.37 bits per heavy atom. The van der Waals surface area contributed by atoms with E-state index in [1.54, 1.807) is 6.21 Å². The van der Waals surface area contributed by atoms with Crippen LogP contribution in [0.4, 0.5) is 0 Å². The van der Waals surface area contributed by atoms with Crippen LogP contribution < -0.4 is 5.32 Å². The Kier molecular flexibility index (Phi) is 4.40. The van der Waals surface area contributed by atoms with Gasteiger partial charge in [-0.1, -0.05) is 13.8 Å². The second-order valence-electron chi connectivity index (χ2n) is 6.60. The van der Waals surface area contributed by atoms with Crippen LogP contribution in [0.2, 0.25) is 0 Å². The minimum Gasteiger partial charge on any atom is -0.511 e. The molecule has 4 nitrogen and oxygen atoms in total. The van der Waals surface area contributed by atoms with E-state index in [0.717, 1.165) is 6.54 Å². The first-order valence-electron chi connectivity index (χ1n) is 7.25. The van der Waals surface area contributed by atoms with E-state index in [-0.39, 0.29) is 17.0 Å². The number of allylic oxidation sites excluding steroid dienone is 2. The molecule has 0 aromatic heterocycles. The van der Waals surface area contributed by atoms with Crippen molar-refractivity contribution in [2.24, 2.45) is 16.3 Å². The van der Waals surface area contributed by atoms with E-state index in [9.17, 15) is 9.90 Å². The lowest BCUT2D eigenvalue weighted by atomic mass is 9.77. The molecule has 1 saturated heterocycles. The predicted molar refractivity (Wildman–Crippen MR) is 75.4 cm³/mol. The summed E-state index contributed by atoms with van der Waals surface area (Å²) in [6.45, 7) is 7.16. The summed E-state index contributed by atoms with van der Waals surface area (Å²) >= 11 is 0. The molecular formula is C15H25N2O2+. The van der Waals surface area contributed by atoms with Crippen molar-refractivity contribution in [3.05, 3.63) is 11.3 Å². The number of aliphatic imine (C=N–C) groups is 1. The first-order chi connectivity index (χ1) is 8.98. The second kappa shape index (κ2) is 5.87. The molecule has 1 heterocycles. The monoisotopic (exact) mass is 265 g/mol. The van der Waals surface area contributed by atoms with Gasteiger partial charge in [-0.3, -0.25) is 9.79 Å². The minimum absolute atomic E-state index is 0.0227. The number of hydrogen-bond acceptors (Lipinski definition) is 3. The average Bonchev–Trinajstić information content (AvgIpc) is 2.32. The third-order valence-corrected chi connectivity index (χ3v) is 4.04. The molecule has 2 rings (SSSR count). The van der Waals surface area contributed by atoms with Gasteiger partial charge in [-0.25, -0.2) is 0 Å². The first kappa shape index (κ1) is 14.3. The number of hydrogen-bond donors (Lipinski definition) is 2. The number of carbonyl (C=O) groups excluding carboxylic acids is 1. The summed E-state index contributed by atoms with van der Waals surface area (Å²) in [5.41, 5.74) is 0.305. The maximum atomic E-state index is 12.0. The van der Waals surface area contributed by atoms with Gasteiger partial charge in [0.1, 0.15) is 5.76 Å². The Balaban J connectivity index is 1.95. The fraction of sp³-hybridized carbons (Fsp3) is 0.733. The van der Waals surface area contributed by atoms with Crippen LogP contribution in [0.5, 0.6) is 0 Å². The highest BCUT2D eigenvalue weighted by molar-refractivity contribution is 6.14. The Bertz CT molecular complexity index is 404. The summed E-state index contributed by atoms with van der Waals surface area (Å²) in [5.74, 6) is 0.871. The van der Waals surface area contributed by atoms with Crippen LogP contribution in [0.1, 0.15) is 39.5 Å². The van der Waals surface area contributed by atoms with Crippen molar-refractivity contribution >= 4 is 12.0 Å². The van der Waals surface area contributed by atoms with Crippen molar-refractivity contribution in [1.29, 1.82) is 0 Å². The van der Waals surface area contributed by atoms with Crippen LogP contribution in [0.3, 0.4) is 0 Å². The van der Waals surface area contributed by atoms with Crippen LogP contribution >= 0.6 is 0 Å². The third kappa shape index (κ3) is 3.90. The normalized spacial score (nSPS) is 25.3. The Morgan fingerprint density at radius 2 is 2.05 bits per heavy atom. The van der Waals surface area contributed by atoms with E-state index >= 15 is 0 Å². The van der Waals surface area contributed by atoms with Crippen molar-refractivity contribution in [3.63, 3.8) is 0 Å². The van der Waals surface area contributed by atoms with Crippen LogP contribution in [0, 0.1) is 11.3 Å². The molecule has 0 aromatic rings. The standard InChI is InChI=1S/C15H24N2O2/c1-15(2)7-13(18)12(14(19)8-15)10-17-9-11-3-5-16-6-4-11/h10-11,16,18H,3-9H2,1-2H3/p+1. The minimum atomic E-state index is -0.127. The highest BCUT2D eigenvalue weighted by Gasteiger charge is 2.32. The molecule has 3 N–H and O–H groups in total. The molecule has 2 aliphatic rings. The van der Waals surface area contributed by atoms with E-state index in [0.29, 0.717) is 24.3 Å². The number of aliphatic hydroxyl groups excluding tert-OH is 1. The van der Waals surface area contributed by atoms with E-state index in [1.165, 1.54) is 25.9 Å². The van der Waals surface area contributed by atoms with E-state index in [2.05, 4.69) is 10.3 Å². The topological polar surface area (TPSA) is 66.3 Å². The van der Waals surface area contributed by atoms with Crippen molar-refractivity contribution in [2.75, 3.05) is 19.6 Å². The number of piperidine rings is 1. The number of Topliss-reactive ketones (excluding diaryl/α,β-unsaturated/α-hetero) is 1. The Labute approximate surface area is 115 Å². The van der Waals surface area contributed by atoms with Crippen molar-refractivity contribution in [3.8, 4) is 0 Å². The number of nitrogens with zero attached hydrogens (tertiary/aromatic N) is 1. The third-order valence-electron chi connectivity index (χ3n) is 4.04. The summed E-state index contributed by atoms with van der Waals surface area (Å²) in [6, 6.07) is 0. The van der Waals surface area contributed by atoms with Gasteiger partial charge in [0, 0.05) is 38.4 Å². The molecule has 0 saturated carbocycles. The molecule has 1 aliphatic heterocycles. The average molecular weight is 265 g/mol. The van der Waals surface area contributed by atoms with E-state index in [4.69, 9.17) is 0 Å². The molecule has 19 heavy (non-hydrogen) atoms. The van der Waals surface area contributed by atoms with Crippen LogP contribution in [-0.4, -0.2) is 36.7 Å². The van der Waals surface area contributed by atoms with Gasteiger partial charge in [-0.15, -0.1) is 0 Å². The molecule has 0 atom stereocenters. The Morgan fingerprint density at radius 3 is 2.68 bits per heavy atom. The molecule has 0 radical (unpaired) electrons. The molecule has 106 valence electrons. The van der Waals surface area contributed by atoms with Crippen LogP contribution in [0.25, 0.3) is 0 Å². The summed E-state index contributed by atoms with van der Waals surface area (Å²) in [4.78, 5) is 16.4. The summed E-state index contributed by atoms with van der Waals surface area (Å²) in [7, 11) is 0. The summed E-state index contributed by atoms with van der Waals surface area (Å²) in [5, 5.41) is 12.3. The fourth-order valence-corrected chi connectivity index (χ4v) is 2.92. The molecule has 0 spiro atoms. The van der Waals surface area contributed by atoms with Gasteiger partial charge in [-0.2, -0.15) is 0 Å².